The Kier molecular flexibility index (Phi) is 5.31. The number of Topliss-reactive ketones (excluding diaryl/α,β-unsaturated/α-hetero) is 1. The molecule has 0 aliphatic heterocycles. The van der Waals surface area contributed by atoms with Gasteiger partial charge in [-0.15, -0.1) is 0 Å². The summed E-state index contributed by atoms with van der Waals surface area (Å²) in [7, 11) is 0. The molecule has 3 rings (SSSR count). The van der Waals surface area contributed by atoms with E-state index in [2.05, 4.69) is 35.5 Å². The summed E-state index contributed by atoms with van der Waals surface area (Å²) in [5.74, 6) is 0.343. The number of anilines is 3. The summed E-state index contributed by atoms with van der Waals surface area (Å²) in [6, 6.07) is 16.4. The lowest BCUT2D eigenvalue weighted by molar-refractivity contribution is 0.101. The topological polar surface area (TPSA) is 71.1 Å². The molecule has 0 aliphatic rings. The highest BCUT2D eigenvalue weighted by molar-refractivity contribution is 6.05. The molecule has 27 heavy (non-hydrogen) atoms. The van der Waals surface area contributed by atoms with E-state index in [4.69, 9.17) is 0 Å². The molecule has 3 aromatic rings. The van der Waals surface area contributed by atoms with Crippen molar-refractivity contribution in [2.75, 3.05) is 10.6 Å². The molecular weight excluding hydrogens is 338 g/mol. The van der Waals surface area contributed by atoms with Gasteiger partial charge in [-0.05, 0) is 62.2 Å². The van der Waals surface area contributed by atoms with Gasteiger partial charge >= 0.3 is 0 Å². The molecule has 1 heterocycles. The first kappa shape index (κ1) is 18.3. The number of hydrogen-bond donors (Lipinski definition) is 2. The minimum Gasteiger partial charge on any atom is -0.340 e. The number of benzene rings is 2. The zero-order valence-electron chi connectivity index (χ0n) is 15.5. The normalized spacial score (nSPS) is 10.3. The number of hydrogen-bond acceptors (Lipinski definition) is 4. The first-order chi connectivity index (χ1) is 12.9. The van der Waals surface area contributed by atoms with Crippen LogP contribution in [0.2, 0.25) is 0 Å². The summed E-state index contributed by atoms with van der Waals surface area (Å²) in [4.78, 5) is 28.2. The van der Waals surface area contributed by atoms with Crippen molar-refractivity contribution in [2.24, 2.45) is 0 Å². The van der Waals surface area contributed by atoms with E-state index in [0.717, 1.165) is 11.3 Å². The second-order valence-corrected chi connectivity index (χ2v) is 6.40. The Balaban J connectivity index is 1.71. The lowest BCUT2D eigenvalue weighted by Crippen LogP contribution is -2.12. The number of aryl methyl sites for hydroxylation is 1. The molecule has 0 atom stereocenters. The summed E-state index contributed by atoms with van der Waals surface area (Å²) in [6.45, 7) is 5.60. The van der Waals surface area contributed by atoms with Crippen molar-refractivity contribution < 1.29 is 9.59 Å². The first-order valence-corrected chi connectivity index (χ1v) is 8.65. The first-order valence-electron chi connectivity index (χ1n) is 8.65. The highest BCUT2D eigenvalue weighted by Crippen LogP contribution is 2.22. The lowest BCUT2D eigenvalue weighted by atomic mass is 10.1. The number of ketones is 1. The third-order valence-corrected chi connectivity index (χ3v) is 4.42. The van der Waals surface area contributed by atoms with Crippen LogP contribution in [0.15, 0.2) is 60.8 Å². The average molecular weight is 359 g/mol. The molecule has 0 aliphatic carbocycles. The van der Waals surface area contributed by atoms with Gasteiger partial charge in [0, 0.05) is 23.1 Å². The standard InChI is InChI=1S/C22H21N3O2/c1-14-6-4-9-20(15(14)2)25-21-11-10-18(13-23-21)22(27)24-19-8-5-7-17(12-19)16(3)26/h4-13H,1-3H3,(H,23,25)(H,24,27). The van der Waals surface area contributed by atoms with Gasteiger partial charge in [-0.25, -0.2) is 4.98 Å². The van der Waals surface area contributed by atoms with Gasteiger partial charge in [-0.3, -0.25) is 9.59 Å². The Bertz CT molecular complexity index is 995. The molecule has 136 valence electrons. The number of amides is 1. The summed E-state index contributed by atoms with van der Waals surface area (Å²) >= 11 is 0. The molecule has 2 N–H and O–H groups in total. The molecule has 5 nitrogen and oxygen atoms in total. The number of carbonyl (C=O) groups is 2. The number of rotatable bonds is 5. The predicted molar refractivity (Wildman–Crippen MR) is 108 cm³/mol. The molecule has 0 fully saturated rings. The molecule has 2 aromatic carbocycles. The minimum absolute atomic E-state index is 0.0466. The van der Waals surface area contributed by atoms with Gasteiger partial charge in [0.15, 0.2) is 5.78 Å². The fourth-order valence-electron chi connectivity index (χ4n) is 2.65. The minimum atomic E-state index is -0.276. The van der Waals surface area contributed by atoms with E-state index in [1.807, 2.05) is 12.1 Å². The maximum Gasteiger partial charge on any atom is 0.257 e. The van der Waals surface area contributed by atoms with E-state index in [-0.39, 0.29) is 11.7 Å². The molecule has 0 saturated heterocycles. The number of nitrogens with one attached hydrogen (secondary N) is 2. The molecule has 1 amide bonds. The van der Waals surface area contributed by atoms with Crippen LogP contribution in [0.3, 0.4) is 0 Å². The van der Waals surface area contributed by atoms with E-state index in [0.29, 0.717) is 22.6 Å². The molecule has 5 heteroatoms. The van der Waals surface area contributed by atoms with Crippen molar-refractivity contribution in [3.8, 4) is 0 Å². The third-order valence-electron chi connectivity index (χ3n) is 4.42. The SMILES string of the molecule is CC(=O)c1cccc(NC(=O)c2ccc(Nc3cccc(C)c3C)nc2)c1. The van der Waals surface area contributed by atoms with Crippen molar-refractivity contribution in [1.29, 1.82) is 0 Å². The van der Waals surface area contributed by atoms with Gasteiger partial charge in [0.05, 0.1) is 5.56 Å². The van der Waals surface area contributed by atoms with E-state index >= 15 is 0 Å². The number of nitrogens with zero attached hydrogens (tertiary/aromatic N) is 1. The Hall–Kier alpha value is -3.47. The van der Waals surface area contributed by atoms with Crippen LogP contribution < -0.4 is 10.6 Å². The fraction of sp³-hybridized carbons (Fsp3) is 0.136. The van der Waals surface area contributed by atoms with Gasteiger partial charge in [0.25, 0.3) is 5.91 Å². The maximum atomic E-state index is 12.4. The number of pyridine rings is 1. The Morgan fingerprint density at radius 1 is 0.926 bits per heavy atom. The Labute approximate surface area is 158 Å². The summed E-state index contributed by atoms with van der Waals surface area (Å²) in [5.41, 5.74) is 4.91. The molecule has 0 spiro atoms. The molecule has 0 bridgehead atoms. The van der Waals surface area contributed by atoms with Crippen LogP contribution in [0, 0.1) is 13.8 Å². The zero-order chi connectivity index (χ0) is 19.4. The van der Waals surface area contributed by atoms with Crippen LogP contribution in [-0.4, -0.2) is 16.7 Å². The molecule has 0 saturated carbocycles. The van der Waals surface area contributed by atoms with E-state index in [1.54, 1.807) is 36.4 Å². The van der Waals surface area contributed by atoms with E-state index < -0.39 is 0 Å². The van der Waals surface area contributed by atoms with Crippen LogP contribution >= 0.6 is 0 Å². The maximum absolute atomic E-state index is 12.4. The largest absolute Gasteiger partial charge is 0.340 e. The van der Waals surface area contributed by atoms with Crippen LogP contribution in [0.1, 0.15) is 38.8 Å². The van der Waals surface area contributed by atoms with Crippen molar-refractivity contribution >= 4 is 28.9 Å². The molecular formula is C22H21N3O2. The van der Waals surface area contributed by atoms with Crippen molar-refractivity contribution in [2.45, 2.75) is 20.8 Å². The summed E-state index contributed by atoms with van der Waals surface area (Å²) in [6.07, 6.45) is 1.53. The Morgan fingerprint density at radius 3 is 2.41 bits per heavy atom. The summed E-state index contributed by atoms with van der Waals surface area (Å²) in [5, 5.41) is 6.06. The van der Waals surface area contributed by atoms with Gasteiger partial charge < -0.3 is 10.6 Å². The lowest BCUT2D eigenvalue weighted by Gasteiger charge is -2.11. The second kappa shape index (κ2) is 7.83. The smallest absolute Gasteiger partial charge is 0.257 e. The van der Waals surface area contributed by atoms with Crippen molar-refractivity contribution in [3.05, 3.63) is 83.0 Å². The van der Waals surface area contributed by atoms with Gasteiger partial charge in [-0.2, -0.15) is 0 Å². The third kappa shape index (κ3) is 4.39. The molecule has 0 unspecified atom stereocenters. The van der Waals surface area contributed by atoms with Crippen molar-refractivity contribution in [1.82, 2.24) is 4.98 Å². The number of aromatic nitrogens is 1. The summed E-state index contributed by atoms with van der Waals surface area (Å²) < 4.78 is 0. The van der Waals surface area contributed by atoms with Crippen LogP contribution in [0.5, 0.6) is 0 Å². The average Bonchev–Trinajstić information content (AvgIpc) is 2.66. The number of carbonyl (C=O) groups excluding carboxylic acids is 2. The van der Waals surface area contributed by atoms with Crippen LogP contribution in [-0.2, 0) is 0 Å². The fourth-order valence-corrected chi connectivity index (χ4v) is 2.65. The van der Waals surface area contributed by atoms with E-state index in [1.165, 1.54) is 18.7 Å². The van der Waals surface area contributed by atoms with Crippen LogP contribution in [0.4, 0.5) is 17.2 Å². The van der Waals surface area contributed by atoms with Crippen molar-refractivity contribution in [3.63, 3.8) is 0 Å². The predicted octanol–water partition coefficient (Wildman–Crippen LogP) is 4.90. The highest BCUT2D eigenvalue weighted by atomic mass is 16.1. The second-order valence-electron chi connectivity index (χ2n) is 6.40. The zero-order valence-corrected chi connectivity index (χ0v) is 15.5. The highest BCUT2D eigenvalue weighted by Gasteiger charge is 2.09. The quantitative estimate of drug-likeness (QED) is 0.636. The van der Waals surface area contributed by atoms with Gasteiger partial charge in [-0.1, -0.05) is 24.3 Å². The molecule has 1 aromatic heterocycles. The van der Waals surface area contributed by atoms with Gasteiger partial charge in [0.1, 0.15) is 5.82 Å². The molecule has 0 radical (unpaired) electrons. The van der Waals surface area contributed by atoms with Crippen LogP contribution in [0.25, 0.3) is 0 Å². The Morgan fingerprint density at radius 2 is 1.70 bits per heavy atom. The van der Waals surface area contributed by atoms with E-state index in [9.17, 15) is 9.59 Å². The van der Waals surface area contributed by atoms with Gasteiger partial charge in [0.2, 0.25) is 0 Å². The monoisotopic (exact) mass is 359 g/mol.